The van der Waals surface area contributed by atoms with Crippen LogP contribution < -0.4 is 0 Å². The number of carbonyl (C=O) groups excluding carboxylic acids is 1. The van der Waals surface area contributed by atoms with E-state index in [0.29, 0.717) is 19.8 Å². The molecule has 1 aliphatic heterocycles. The lowest BCUT2D eigenvalue weighted by Crippen LogP contribution is -2.39. The molecule has 0 atom stereocenters. The molecule has 0 bridgehead atoms. The SMILES string of the molecule is Cc1cc(-c2c(C(C)C)c(-c3ccc(C4=CCN(C(=O)OC(C)(C)C)CC4)cc3)nn2COCC[Si](C)(C)C)cn2ncnc12. The van der Waals surface area contributed by atoms with Crippen molar-refractivity contribution in [3.05, 3.63) is 65.6 Å². The molecule has 0 aliphatic carbocycles. The Hall–Kier alpha value is -3.76. The molecule has 240 valence electrons. The summed E-state index contributed by atoms with van der Waals surface area (Å²) in [5, 5.41) is 9.63. The average Bonchev–Trinajstić information content (AvgIpc) is 3.60. The van der Waals surface area contributed by atoms with E-state index in [1.807, 2.05) is 36.2 Å². The van der Waals surface area contributed by atoms with E-state index < -0.39 is 13.7 Å². The second-order valence-corrected chi connectivity index (χ2v) is 20.2. The van der Waals surface area contributed by atoms with Gasteiger partial charge in [-0.15, -0.1) is 0 Å². The van der Waals surface area contributed by atoms with Gasteiger partial charge in [-0.05, 0) is 68.8 Å². The van der Waals surface area contributed by atoms with Crippen molar-refractivity contribution >= 4 is 25.4 Å². The Morgan fingerprint density at radius 2 is 1.78 bits per heavy atom. The van der Waals surface area contributed by atoms with Gasteiger partial charge in [0.05, 0.1) is 11.4 Å². The van der Waals surface area contributed by atoms with Crippen LogP contribution in [0.5, 0.6) is 0 Å². The van der Waals surface area contributed by atoms with Crippen molar-refractivity contribution in [3.8, 4) is 22.5 Å². The maximum absolute atomic E-state index is 12.5. The van der Waals surface area contributed by atoms with E-state index in [1.54, 1.807) is 11.2 Å². The Bertz CT molecular complexity index is 1690. The quantitative estimate of drug-likeness (QED) is 0.138. The molecule has 0 spiro atoms. The minimum Gasteiger partial charge on any atom is -0.444 e. The van der Waals surface area contributed by atoms with Crippen LogP contribution in [0.2, 0.25) is 25.7 Å². The van der Waals surface area contributed by atoms with Gasteiger partial charge in [-0.2, -0.15) is 10.2 Å². The molecule has 1 aliphatic rings. The monoisotopic (exact) mass is 628 g/mol. The summed E-state index contributed by atoms with van der Waals surface area (Å²) in [7, 11) is -1.22. The zero-order valence-corrected chi connectivity index (χ0v) is 29.3. The number of hydrogen-bond acceptors (Lipinski definition) is 6. The molecule has 0 saturated heterocycles. The highest BCUT2D eigenvalue weighted by Crippen LogP contribution is 2.38. The van der Waals surface area contributed by atoms with E-state index >= 15 is 0 Å². The lowest BCUT2D eigenvalue weighted by molar-refractivity contribution is 0.0270. The van der Waals surface area contributed by atoms with E-state index in [-0.39, 0.29) is 12.0 Å². The highest BCUT2D eigenvalue weighted by Gasteiger charge is 2.26. The number of aromatic nitrogens is 5. The van der Waals surface area contributed by atoms with Gasteiger partial charge in [0.15, 0.2) is 5.65 Å². The molecule has 1 amide bonds. The van der Waals surface area contributed by atoms with Gasteiger partial charge in [0.1, 0.15) is 18.7 Å². The Morgan fingerprint density at radius 3 is 2.40 bits per heavy atom. The second-order valence-electron chi connectivity index (χ2n) is 14.5. The standard InChI is InChI=1S/C35H48N6O3Si/c1-24(2)30-31(28-12-10-26(11-13-28)27-14-16-39(17-15-27)34(42)44-35(4,5)6)38-41(23-43-18-19-45(7,8)9)32(30)29-20-25(3)33-36-22-37-40(33)21-29/h10-14,20-22,24H,15-19,23H2,1-9H3. The average molecular weight is 629 g/mol. The smallest absolute Gasteiger partial charge is 0.410 e. The first-order valence-electron chi connectivity index (χ1n) is 16.0. The van der Waals surface area contributed by atoms with E-state index in [9.17, 15) is 4.79 Å². The van der Waals surface area contributed by atoms with Crippen molar-refractivity contribution in [3.63, 3.8) is 0 Å². The summed E-state index contributed by atoms with van der Waals surface area (Å²) in [5.74, 6) is 0.219. The van der Waals surface area contributed by atoms with Gasteiger partial charge >= 0.3 is 6.09 Å². The van der Waals surface area contributed by atoms with Gasteiger partial charge in [-0.25, -0.2) is 19.0 Å². The molecule has 1 aromatic carbocycles. The largest absolute Gasteiger partial charge is 0.444 e. The lowest BCUT2D eigenvalue weighted by Gasteiger charge is -2.29. The number of pyridine rings is 1. The Labute approximate surface area is 268 Å². The first kappa shape index (κ1) is 32.6. The number of carbonyl (C=O) groups is 1. The molecule has 9 nitrogen and oxygen atoms in total. The van der Waals surface area contributed by atoms with Gasteiger partial charge in [0.2, 0.25) is 0 Å². The number of fused-ring (bicyclic) bond motifs is 1. The molecule has 10 heteroatoms. The van der Waals surface area contributed by atoms with Gasteiger partial charge < -0.3 is 14.4 Å². The van der Waals surface area contributed by atoms with Crippen LogP contribution in [-0.4, -0.2) is 68.7 Å². The number of nitrogens with zero attached hydrogens (tertiary/aromatic N) is 6. The van der Waals surface area contributed by atoms with Gasteiger partial charge in [0, 0.05) is 50.7 Å². The van der Waals surface area contributed by atoms with Crippen LogP contribution in [0.15, 0.2) is 48.9 Å². The topological polar surface area (TPSA) is 86.8 Å². The highest BCUT2D eigenvalue weighted by atomic mass is 28.3. The molecule has 0 fully saturated rings. The Balaban J connectivity index is 1.47. The maximum Gasteiger partial charge on any atom is 0.410 e. The maximum atomic E-state index is 12.5. The van der Waals surface area contributed by atoms with E-state index in [4.69, 9.17) is 14.6 Å². The van der Waals surface area contributed by atoms with Crippen LogP contribution >= 0.6 is 0 Å². The summed E-state index contributed by atoms with van der Waals surface area (Å²) in [4.78, 5) is 18.7. The van der Waals surface area contributed by atoms with Gasteiger partial charge in [-0.1, -0.05) is 63.8 Å². The first-order valence-corrected chi connectivity index (χ1v) is 19.7. The normalized spacial score (nSPS) is 14.4. The summed E-state index contributed by atoms with van der Waals surface area (Å²) in [6, 6.07) is 11.9. The molecule has 4 heterocycles. The molecule has 0 radical (unpaired) electrons. The van der Waals surface area contributed by atoms with E-state index in [0.717, 1.165) is 58.4 Å². The second kappa shape index (κ2) is 12.9. The van der Waals surface area contributed by atoms with E-state index in [1.165, 1.54) is 11.1 Å². The van der Waals surface area contributed by atoms with Crippen molar-refractivity contribution < 1.29 is 14.3 Å². The van der Waals surface area contributed by atoms with Gasteiger partial charge in [-0.3, -0.25) is 0 Å². The fraction of sp³-hybridized carbons (Fsp3) is 0.486. The van der Waals surface area contributed by atoms with Crippen molar-refractivity contribution in [2.45, 2.75) is 91.9 Å². The minimum atomic E-state index is -1.22. The third-order valence-corrected chi connectivity index (χ3v) is 9.70. The summed E-state index contributed by atoms with van der Waals surface area (Å²) >= 11 is 0. The lowest BCUT2D eigenvalue weighted by atomic mass is 9.92. The molecular weight excluding hydrogens is 581 g/mol. The fourth-order valence-electron chi connectivity index (χ4n) is 5.65. The summed E-state index contributed by atoms with van der Waals surface area (Å²) in [5.41, 5.74) is 9.11. The van der Waals surface area contributed by atoms with Crippen LogP contribution in [0, 0.1) is 6.92 Å². The van der Waals surface area contributed by atoms with Crippen LogP contribution in [0.1, 0.15) is 63.6 Å². The molecule has 0 N–H and O–H groups in total. The summed E-state index contributed by atoms with van der Waals surface area (Å²) in [6.07, 6.45) is 6.29. The van der Waals surface area contributed by atoms with Crippen LogP contribution in [0.25, 0.3) is 33.7 Å². The molecule has 3 aromatic heterocycles. The number of amides is 1. The minimum absolute atomic E-state index is 0.219. The third-order valence-electron chi connectivity index (χ3n) is 8.00. The summed E-state index contributed by atoms with van der Waals surface area (Å²) in [6.45, 7) is 21.6. The van der Waals surface area contributed by atoms with Crippen LogP contribution in [-0.2, 0) is 16.2 Å². The van der Waals surface area contributed by atoms with Gasteiger partial charge in [0.25, 0.3) is 0 Å². The molecule has 0 unspecified atom stereocenters. The Morgan fingerprint density at radius 1 is 1.07 bits per heavy atom. The molecular formula is C35H48N6O3Si. The van der Waals surface area contributed by atoms with Crippen LogP contribution in [0.3, 0.4) is 0 Å². The molecule has 4 aromatic rings. The molecule has 45 heavy (non-hydrogen) atoms. The number of aryl methyl sites for hydroxylation is 1. The van der Waals surface area contributed by atoms with Crippen molar-refractivity contribution in [1.29, 1.82) is 0 Å². The van der Waals surface area contributed by atoms with Crippen molar-refractivity contribution in [1.82, 2.24) is 29.3 Å². The van der Waals surface area contributed by atoms with Crippen LogP contribution in [0.4, 0.5) is 4.79 Å². The predicted octanol–water partition coefficient (Wildman–Crippen LogP) is 8.03. The Kier molecular flexibility index (Phi) is 9.37. The number of benzene rings is 1. The fourth-order valence-corrected chi connectivity index (χ4v) is 6.41. The first-order chi connectivity index (χ1) is 21.2. The number of ether oxygens (including phenoxy) is 2. The number of hydrogen-bond donors (Lipinski definition) is 0. The number of rotatable bonds is 9. The zero-order valence-electron chi connectivity index (χ0n) is 28.3. The van der Waals surface area contributed by atoms with E-state index in [2.05, 4.69) is 86.9 Å². The molecule has 0 saturated carbocycles. The predicted molar refractivity (Wildman–Crippen MR) is 183 cm³/mol. The summed E-state index contributed by atoms with van der Waals surface area (Å²) < 4.78 is 15.7. The van der Waals surface area contributed by atoms with Crippen molar-refractivity contribution in [2.75, 3.05) is 19.7 Å². The third kappa shape index (κ3) is 7.73. The zero-order chi connectivity index (χ0) is 32.5. The van der Waals surface area contributed by atoms with Crippen molar-refractivity contribution in [2.24, 2.45) is 0 Å². The highest BCUT2D eigenvalue weighted by molar-refractivity contribution is 6.76. The molecule has 5 rings (SSSR count).